The normalized spacial score (nSPS) is 13.9. The van der Waals surface area contributed by atoms with Gasteiger partial charge < -0.3 is 9.47 Å². The summed E-state index contributed by atoms with van der Waals surface area (Å²) in [5.74, 6) is 6.72. The summed E-state index contributed by atoms with van der Waals surface area (Å²) in [6.07, 6.45) is 0.859. The van der Waals surface area contributed by atoms with Crippen LogP contribution >= 0.6 is 15.9 Å². The second-order valence-corrected chi connectivity index (χ2v) is 4.37. The molecule has 0 aromatic heterocycles. The first kappa shape index (κ1) is 11.7. The van der Waals surface area contributed by atoms with Gasteiger partial charge in [-0.25, -0.2) is 5.90 Å². The van der Waals surface area contributed by atoms with E-state index in [1.54, 1.807) is 0 Å². The zero-order valence-corrected chi connectivity index (χ0v) is 10.7. The standard InChI is InChI=1S/C11H14BrNO3/c1-2-8-7(6-16-13)5-9(12)11-10(8)14-3-4-15-11/h5H,2-4,6,13H2,1H3. The van der Waals surface area contributed by atoms with Crippen molar-refractivity contribution in [3.05, 3.63) is 21.7 Å². The van der Waals surface area contributed by atoms with Crippen molar-refractivity contribution in [2.75, 3.05) is 13.2 Å². The molecule has 5 heteroatoms. The number of hydrogen-bond donors (Lipinski definition) is 1. The summed E-state index contributed by atoms with van der Waals surface area (Å²) in [5, 5.41) is 0. The molecule has 0 saturated carbocycles. The highest BCUT2D eigenvalue weighted by molar-refractivity contribution is 9.10. The van der Waals surface area contributed by atoms with Gasteiger partial charge in [0.15, 0.2) is 11.5 Å². The highest BCUT2D eigenvalue weighted by Gasteiger charge is 2.21. The molecule has 0 saturated heterocycles. The molecule has 1 aromatic carbocycles. The minimum absolute atomic E-state index is 0.373. The fourth-order valence-corrected chi connectivity index (χ4v) is 2.45. The molecular formula is C11H14BrNO3. The predicted octanol–water partition coefficient (Wildman–Crippen LogP) is 2.17. The SMILES string of the molecule is CCc1c(CON)cc(Br)c2c1OCCO2. The average Bonchev–Trinajstić information content (AvgIpc) is 2.30. The monoisotopic (exact) mass is 287 g/mol. The van der Waals surface area contributed by atoms with Gasteiger partial charge in [-0.05, 0) is 34.0 Å². The van der Waals surface area contributed by atoms with Crippen molar-refractivity contribution >= 4 is 15.9 Å². The van der Waals surface area contributed by atoms with Crippen LogP contribution in [0.5, 0.6) is 11.5 Å². The molecular weight excluding hydrogens is 274 g/mol. The van der Waals surface area contributed by atoms with E-state index in [2.05, 4.69) is 22.9 Å². The van der Waals surface area contributed by atoms with Crippen molar-refractivity contribution in [2.45, 2.75) is 20.0 Å². The molecule has 4 nitrogen and oxygen atoms in total. The molecule has 0 atom stereocenters. The highest BCUT2D eigenvalue weighted by atomic mass is 79.9. The van der Waals surface area contributed by atoms with Gasteiger partial charge in [-0.3, -0.25) is 4.84 Å². The second kappa shape index (κ2) is 5.03. The molecule has 0 unspecified atom stereocenters. The van der Waals surface area contributed by atoms with Crippen LogP contribution in [0, 0.1) is 0 Å². The third-order valence-electron chi connectivity index (χ3n) is 2.55. The van der Waals surface area contributed by atoms with Gasteiger partial charge in [0, 0.05) is 5.56 Å². The number of halogens is 1. The minimum Gasteiger partial charge on any atom is -0.486 e. The van der Waals surface area contributed by atoms with E-state index in [4.69, 9.17) is 20.2 Å². The molecule has 1 aliphatic rings. The van der Waals surface area contributed by atoms with Gasteiger partial charge in [0.2, 0.25) is 0 Å². The van der Waals surface area contributed by atoms with E-state index < -0.39 is 0 Å². The molecule has 2 N–H and O–H groups in total. The Balaban J connectivity index is 2.52. The van der Waals surface area contributed by atoms with Gasteiger partial charge in [0.25, 0.3) is 0 Å². The van der Waals surface area contributed by atoms with Crippen molar-refractivity contribution in [2.24, 2.45) is 5.90 Å². The van der Waals surface area contributed by atoms with E-state index in [9.17, 15) is 0 Å². The average molecular weight is 288 g/mol. The number of nitrogens with two attached hydrogens (primary N) is 1. The molecule has 1 aromatic rings. The lowest BCUT2D eigenvalue weighted by Gasteiger charge is -2.23. The van der Waals surface area contributed by atoms with Crippen LogP contribution in [0.25, 0.3) is 0 Å². The molecule has 0 amide bonds. The van der Waals surface area contributed by atoms with Gasteiger partial charge in [-0.15, -0.1) is 0 Å². The lowest BCUT2D eigenvalue weighted by molar-refractivity contribution is 0.122. The molecule has 0 fully saturated rings. The van der Waals surface area contributed by atoms with E-state index in [-0.39, 0.29) is 0 Å². The number of rotatable bonds is 3. The Morgan fingerprint density at radius 1 is 1.38 bits per heavy atom. The van der Waals surface area contributed by atoms with Gasteiger partial charge in [-0.1, -0.05) is 6.92 Å². The van der Waals surface area contributed by atoms with E-state index in [0.717, 1.165) is 33.5 Å². The van der Waals surface area contributed by atoms with Crippen LogP contribution in [0.3, 0.4) is 0 Å². The number of hydrogen-bond acceptors (Lipinski definition) is 4. The van der Waals surface area contributed by atoms with Crippen molar-refractivity contribution in [3.63, 3.8) is 0 Å². The Morgan fingerprint density at radius 3 is 2.69 bits per heavy atom. The maximum atomic E-state index is 5.66. The molecule has 16 heavy (non-hydrogen) atoms. The minimum atomic E-state index is 0.373. The predicted molar refractivity (Wildman–Crippen MR) is 63.5 cm³/mol. The summed E-state index contributed by atoms with van der Waals surface area (Å²) in [4.78, 5) is 4.70. The quantitative estimate of drug-likeness (QED) is 0.866. The summed E-state index contributed by atoms with van der Waals surface area (Å²) >= 11 is 3.46. The first-order valence-corrected chi connectivity index (χ1v) is 5.98. The molecule has 0 bridgehead atoms. The summed E-state index contributed by atoms with van der Waals surface area (Å²) in [6, 6.07) is 1.97. The molecule has 2 rings (SSSR count). The van der Waals surface area contributed by atoms with Gasteiger partial charge >= 0.3 is 0 Å². The van der Waals surface area contributed by atoms with Crippen LogP contribution in [-0.4, -0.2) is 13.2 Å². The van der Waals surface area contributed by atoms with Crippen LogP contribution in [0.15, 0.2) is 10.5 Å². The van der Waals surface area contributed by atoms with E-state index in [1.165, 1.54) is 0 Å². The van der Waals surface area contributed by atoms with Crippen LogP contribution in [-0.2, 0) is 17.9 Å². The van der Waals surface area contributed by atoms with E-state index in [1.807, 2.05) is 6.07 Å². The third-order valence-corrected chi connectivity index (χ3v) is 3.14. The largest absolute Gasteiger partial charge is 0.486 e. The fourth-order valence-electron chi connectivity index (χ4n) is 1.88. The molecule has 1 heterocycles. The van der Waals surface area contributed by atoms with Crippen molar-refractivity contribution < 1.29 is 14.3 Å². The third kappa shape index (κ3) is 2.03. The lowest BCUT2D eigenvalue weighted by atomic mass is 10.0. The maximum Gasteiger partial charge on any atom is 0.175 e. The topological polar surface area (TPSA) is 53.7 Å². The molecule has 0 radical (unpaired) electrons. The van der Waals surface area contributed by atoms with Gasteiger partial charge in [0.1, 0.15) is 13.2 Å². The lowest BCUT2D eigenvalue weighted by Crippen LogP contribution is -2.18. The van der Waals surface area contributed by atoms with Crippen LogP contribution < -0.4 is 15.4 Å². The number of fused-ring (bicyclic) bond motifs is 1. The van der Waals surface area contributed by atoms with Crippen molar-refractivity contribution in [3.8, 4) is 11.5 Å². The molecule has 88 valence electrons. The van der Waals surface area contributed by atoms with Gasteiger partial charge in [-0.2, -0.15) is 0 Å². The first-order valence-electron chi connectivity index (χ1n) is 5.19. The fraction of sp³-hybridized carbons (Fsp3) is 0.455. The van der Waals surface area contributed by atoms with Crippen molar-refractivity contribution in [1.82, 2.24) is 0 Å². The van der Waals surface area contributed by atoms with Crippen LogP contribution in [0.4, 0.5) is 0 Å². The summed E-state index contributed by atoms with van der Waals surface area (Å²) in [5.41, 5.74) is 2.13. The summed E-state index contributed by atoms with van der Waals surface area (Å²) < 4.78 is 12.1. The Bertz CT molecular complexity index is 395. The summed E-state index contributed by atoms with van der Waals surface area (Å²) in [6.45, 7) is 3.61. The van der Waals surface area contributed by atoms with E-state index >= 15 is 0 Å². The highest BCUT2D eigenvalue weighted by Crippen LogP contribution is 2.42. The second-order valence-electron chi connectivity index (χ2n) is 3.52. The maximum absolute atomic E-state index is 5.66. The number of ether oxygens (including phenoxy) is 2. The Kier molecular flexibility index (Phi) is 3.68. The molecule has 1 aliphatic heterocycles. The zero-order chi connectivity index (χ0) is 11.5. The Morgan fingerprint density at radius 2 is 2.06 bits per heavy atom. The molecule has 0 spiro atoms. The summed E-state index contributed by atoms with van der Waals surface area (Å²) in [7, 11) is 0. The zero-order valence-electron chi connectivity index (χ0n) is 9.09. The Hall–Kier alpha value is -0.780. The molecule has 0 aliphatic carbocycles. The number of benzene rings is 1. The van der Waals surface area contributed by atoms with Crippen molar-refractivity contribution in [1.29, 1.82) is 0 Å². The van der Waals surface area contributed by atoms with E-state index in [0.29, 0.717) is 19.8 Å². The Labute approximate surface area is 103 Å². The van der Waals surface area contributed by atoms with Gasteiger partial charge in [0.05, 0.1) is 11.1 Å². The first-order chi connectivity index (χ1) is 7.77. The smallest absolute Gasteiger partial charge is 0.175 e. The van der Waals surface area contributed by atoms with Crippen LogP contribution in [0.2, 0.25) is 0 Å². The van der Waals surface area contributed by atoms with Crippen LogP contribution in [0.1, 0.15) is 18.1 Å².